The van der Waals surface area contributed by atoms with E-state index in [0.29, 0.717) is 11.5 Å². The molecule has 96 valence electrons. The third kappa shape index (κ3) is 3.74. The van der Waals surface area contributed by atoms with Crippen LogP contribution in [0.25, 0.3) is 0 Å². The minimum atomic E-state index is 0.542. The average Bonchev–Trinajstić information content (AvgIpc) is 2.66. The van der Waals surface area contributed by atoms with Gasteiger partial charge < -0.3 is 10.2 Å². The van der Waals surface area contributed by atoms with Crippen molar-refractivity contribution < 1.29 is 0 Å². The average molecular weight is 226 g/mol. The molecule has 2 nitrogen and oxygen atoms in total. The summed E-state index contributed by atoms with van der Waals surface area (Å²) in [6.45, 7) is 13.0. The van der Waals surface area contributed by atoms with Crippen LogP contribution in [0.1, 0.15) is 47.0 Å². The maximum atomic E-state index is 3.52. The van der Waals surface area contributed by atoms with Gasteiger partial charge in [0.1, 0.15) is 0 Å². The molecule has 1 saturated heterocycles. The third-order valence-corrected chi connectivity index (χ3v) is 4.23. The normalized spacial score (nSPS) is 27.9. The fourth-order valence-electron chi connectivity index (χ4n) is 2.89. The van der Waals surface area contributed by atoms with Crippen LogP contribution < -0.4 is 5.32 Å². The van der Waals surface area contributed by atoms with Gasteiger partial charge >= 0.3 is 0 Å². The topological polar surface area (TPSA) is 15.3 Å². The molecule has 1 aliphatic heterocycles. The van der Waals surface area contributed by atoms with Gasteiger partial charge in [-0.3, -0.25) is 0 Å². The lowest BCUT2D eigenvalue weighted by Crippen LogP contribution is -2.41. The lowest BCUT2D eigenvalue weighted by molar-refractivity contribution is 0.138. The molecule has 1 heterocycles. The molecular weight excluding hydrogens is 196 g/mol. The molecule has 1 N–H and O–H groups in total. The van der Waals surface area contributed by atoms with Gasteiger partial charge in [-0.15, -0.1) is 0 Å². The van der Waals surface area contributed by atoms with E-state index in [1.54, 1.807) is 0 Å². The van der Waals surface area contributed by atoms with Crippen LogP contribution in [0, 0.1) is 11.3 Å². The molecule has 0 saturated carbocycles. The van der Waals surface area contributed by atoms with Crippen molar-refractivity contribution >= 4 is 0 Å². The molecule has 0 spiro atoms. The molecule has 16 heavy (non-hydrogen) atoms. The Bertz CT molecular complexity index is 195. The fraction of sp³-hybridized carbons (Fsp3) is 1.00. The first kappa shape index (κ1) is 14.0. The van der Waals surface area contributed by atoms with Crippen molar-refractivity contribution in [2.24, 2.45) is 11.3 Å². The van der Waals surface area contributed by atoms with Crippen LogP contribution in [0.15, 0.2) is 0 Å². The van der Waals surface area contributed by atoms with Crippen molar-refractivity contribution in [2.75, 3.05) is 26.7 Å². The molecule has 0 radical (unpaired) electrons. The molecule has 2 atom stereocenters. The van der Waals surface area contributed by atoms with Gasteiger partial charge in [0.15, 0.2) is 0 Å². The summed E-state index contributed by atoms with van der Waals surface area (Å²) in [5, 5.41) is 3.52. The van der Waals surface area contributed by atoms with Gasteiger partial charge in [-0.25, -0.2) is 0 Å². The van der Waals surface area contributed by atoms with E-state index in [-0.39, 0.29) is 0 Å². The van der Waals surface area contributed by atoms with Crippen LogP contribution in [0.2, 0.25) is 0 Å². The van der Waals surface area contributed by atoms with E-state index in [9.17, 15) is 0 Å². The predicted octanol–water partition coefficient (Wildman–Crippen LogP) is 2.74. The Hall–Kier alpha value is -0.0800. The highest BCUT2D eigenvalue weighted by Crippen LogP contribution is 2.31. The summed E-state index contributed by atoms with van der Waals surface area (Å²) in [6, 6.07) is 0.712. The van der Waals surface area contributed by atoms with Crippen LogP contribution in [-0.4, -0.2) is 37.6 Å². The van der Waals surface area contributed by atoms with Crippen LogP contribution >= 0.6 is 0 Å². The molecular formula is C14H30N2. The predicted molar refractivity (Wildman–Crippen MR) is 71.8 cm³/mol. The summed E-state index contributed by atoms with van der Waals surface area (Å²) < 4.78 is 0. The Balaban J connectivity index is 2.45. The molecule has 2 heteroatoms. The third-order valence-electron chi connectivity index (χ3n) is 4.23. The maximum absolute atomic E-state index is 3.52. The number of nitrogens with zero attached hydrogens (tertiary/aromatic N) is 1. The first-order chi connectivity index (χ1) is 7.49. The van der Waals surface area contributed by atoms with Crippen molar-refractivity contribution in [3.63, 3.8) is 0 Å². The maximum Gasteiger partial charge on any atom is 0.00665 e. The highest BCUT2D eigenvalue weighted by atomic mass is 15.1. The highest BCUT2D eigenvalue weighted by molar-refractivity contribution is 4.89. The summed E-state index contributed by atoms with van der Waals surface area (Å²) in [4.78, 5) is 2.57. The largest absolute Gasteiger partial charge is 0.316 e. The summed E-state index contributed by atoms with van der Waals surface area (Å²) in [7, 11) is 2.29. The van der Waals surface area contributed by atoms with Gasteiger partial charge in [-0.05, 0) is 51.1 Å². The van der Waals surface area contributed by atoms with Gasteiger partial charge in [0.25, 0.3) is 0 Å². The van der Waals surface area contributed by atoms with Crippen molar-refractivity contribution in [1.82, 2.24) is 10.2 Å². The molecule has 0 aromatic rings. The van der Waals surface area contributed by atoms with E-state index in [4.69, 9.17) is 0 Å². The first-order valence-corrected chi connectivity index (χ1v) is 6.90. The SMILES string of the molecule is CCC1(CN(C)C(C)CC(C)C)CCNC1. The molecule has 0 aliphatic carbocycles. The fourth-order valence-corrected chi connectivity index (χ4v) is 2.89. The first-order valence-electron chi connectivity index (χ1n) is 6.90. The van der Waals surface area contributed by atoms with Gasteiger partial charge in [0, 0.05) is 19.1 Å². The summed E-state index contributed by atoms with van der Waals surface area (Å²) in [6.07, 6.45) is 3.96. The molecule has 2 unspecified atom stereocenters. The van der Waals surface area contributed by atoms with Crippen molar-refractivity contribution in [3.05, 3.63) is 0 Å². The van der Waals surface area contributed by atoms with Crippen LogP contribution in [-0.2, 0) is 0 Å². The minimum absolute atomic E-state index is 0.542. The second kappa shape index (κ2) is 6.02. The quantitative estimate of drug-likeness (QED) is 0.749. The van der Waals surface area contributed by atoms with Gasteiger partial charge in [-0.2, -0.15) is 0 Å². The van der Waals surface area contributed by atoms with E-state index in [2.05, 4.69) is 45.0 Å². The van der Waals surface area contributed by atoms with E-state index in [1.165, 1.54) is 38.9 Å². The van der Waals surface area contributed by atoms with Crippen LogP contribution in [0.5, 0.6) is 0 Å². The lowest BCUT2D eigenvalue weighted by atomic mass is 9.83. The van der Waals surface area contributed by atoms with E-state index < -0.39 is 0 Å². The van der Waals surface area contributed by atoms with Gasteiger partial charge in [0.2, 0.25) is 0 Å². The molecule has 0 bridgehead atoms. The lowest BCUT2D eigenvalue weighted by Gasteiger charge is -2.35. The zero-order valence-electron chi connectivity index (χ0n) is 11.8. The van der Waals surface area contributed by atoms with Crippen molar-refractivity contribution in [3.8, 4) is 0 Å². The molecule has 1 rings (SSSR count). The van der Waals surface area contributed by atoms with E-state index in [1.807, 2.05) is 0 Å². The summed E-state index contributed by atoms with van der Waals surface area (Å²) in [5.41, 5.74) is 0.542. The highest BCUT2D eigenvalue weighted by Gasteiger charge is 2.33. The van der Waals surface area contributed by atoms with Crippen LogP contribution in [0.3, 0.4) is 0 Å². The second-order valence-corrected chi connectivity index (χ2v) is 6.17. The monoisotopic (exact) mass is 226 g/mol. The number of hydrogen-bond donors (Lipinski definition) is 1. The molecule has 0 aromatic heterocycles. The van der Waals surface area contributed by atoms with E-state index in [0.717, 1.165) is 5.92 Å². The minimum Gasteiger partial charge on any atom is -0.316 e. The van der Waals surface area contributed by atoms with Crippen LogP contribution in [0.4, 0.5) is 0 Å². The number of rotatable bonds is 6. The smallest absolute Gasteiger partial charge is 0.00665 e. The standard InChI is InChI=1S/C14H30N2/c1-6-14(7-8-15-10-14)11-16(5)13(4)9-12(2)3/h12-13,15H,6-11H2,1-5H3. The van der Waals surface area contributed by atoms with Crippen molar-refractivity contribution in [1.29, 1.82) is 0 Å². The zero-order chi connectivity index (χ0) is 12.2. The Labute approximate surface area is 102 Å². The Morgan fingerprint density at radius 3 is 2.44 bits per heavy atom. The zero-order valence-corrected chi connectivity index (χ0v) is 11.8. The number of nitrogens with one attached hydrogen (secondary N) is 1. The Kier molecular flexibility index (Phi) is 5.26. The molecule has 1 aliphatic rings. The number of hydrogen-bond acceptors (Lipinski definition) is 2. The van der Waals surface area contributed by atoms with E-state index >= 15 is 0 Å². The van der Waals surface area contributed by atoms with Gasteiger partial charge in [-0.1, -0.05) is 20.8 Å². The molecule has 0 aromatic carbocycles. The Morgan fingerprint density at radius 1 is 1.31 bits per heavy atom. The molecule has 1 fully saturated rings. The van der Waals surface area contributed by atoms with Gasteiger partial charge in [0.05, 0.1) is 0 Å². The second-order valence-electron chi connectivity index (χ2n) is 6.17. The summed E-state index contributed by atoms with van der Waals surface area (Å²) in [5.74, 6) is 0.803. The Morgan fingerprint density at radius 2 is 2.00 bits per heavy atom. The summed E-state index contributed by atoms with van der Waals surface area (Å²) >= 11 is 0. The molecule has 0 amide bonds. The van der Waals surface area contributed by atoms with Crippen molar-refractivity contribution in [2.45, 2.75) is 53.0 Å².